The zero-order valence-corrected chi connectivity index (χ0v) is 14.0. The van der Waals surface area contributed by atoms with Crippen LogP contribution in [0.25, 0.3) is 0 Å². The van der Waals surface area contributed by atoms with Gasteiger partial charge in [-0.15, -0.1) is 0 Å². The fraction of sp³-hybridized carbons (Fsp3) is 0.667. The summed E-state index contributed by atoms with van der Waals surface area (Å²) in [5, 5.41) is 3.67. The van der Waals surface area contributed by atoms with E-state index < -0.39 is 0 Å². The van der Waals surface area contributed by atoms with Crippen LogP contribution in [0.4, 0.5) is 0 Å². The number of nitrogens with one attached hydrogen (secondary N) is 1. The second kappa shape index (κ2) is 7.68. The summed E-state index contributed by atoms with van der Waals surface area (Å²) in [6, 6.07) is 8.91. The van der Waals surface area contributed by atoms with Gasteiger partial charge in [-0.3, -0.25) is 0 Å². The highest BCUT2D eigenvalue weighted by Crippen LogP contribution is 2.31. The van der Waals surface area contributed by atoms with Gasteiger partial charge in [-0.1, -0.05) is 39.8 Å². The Balaban J connectivity index is 2.88. The number of hydrogen-bond donors (Lipinski definition) is 1. The Morgan fingerprint density at radius 1 is 1.20 bits per heavy atom. The number of benzene rings is 1. The summed E-state index contributed by atoms with van der Waals surface area (Å²) in [6.45, 7) is 14.3. The molecule has 1 atom stereocenters. The summed E-state index contributed by atoms with van der Waals surface area (Å²) in [5.74, 6) is 0.967. The molecule has 0 amide bonds. The first kappa shape index (κ1) is 17.0. The molecule has 0 bridgehead atoms. The van der Waals surface area contributed by atoms with E-state index in [2.05, 4.69) is 65.1 Å². The molecule has 0 aromatic heterocycles. The van der Waals surface area contributed by atoms with E-state index in [0.29, 0.717) is 11.5 Å². The molecule has 2 nitrogen and oxygen atoms in total. The van der Waals surface area contributed by atoms with E-state index in [0.717, 1.165) is 25.1 Å². The summed E-state index contributed by atoms with van der Waals surface area (Å²) in [5.41, 5.74) is 1.63. The lowest BCUT2D eigenvalue weighted by Gasteiger charge is -2.27. The van der Waals surface area contributed by atoms with E-state index in [1.165, 1.54) is 5.56 Å². The lowest BCUT2D eigenvalue weighted by Crippen LogP contribution is -2.26. The van der Waals surface area contributed by atoms with Gasteiger partial charge in [0.05, 0.1) is 6.10 Å². The van der Waals surface area contributed by atoms with Crippen LogP contribution in [0.2, 0.25) is 0 Å². The third-order valence-electron chi connectivity index (χ3n) is 3.09. The monoisotopic (exact) mass is 277 g/mol. The number of hydrogen-bond acceptors (Lipinski definition) is 2. The maximum atomic E-state index is 5.81. The van der Waals surface area contributed by atoms with Crippen molar-refractivity contribution in [2.24, 2.45) is 5.41 Å². The zero-order valence-electron chi connectivity index (χ0n) is 14.0. The molecule has 0 aliphatic carbocycles. The van der Waals surface area contributed by atoms with Gasteiger partial charge in [-0.2, -0.15) is 0 Å². The van der Waals surface area contributed by atoms with Crippen LogP contribution >= 0.6 is 0 Å². The molecule has 1 N–H and O–H groups in total. The van der Waals surface area contributed by atoms with Crippen molar-refractivity contribution in [3.63, 3.8) is 0 Å². The maximum absolute atomic E-state index is 5.81. The summed E-state index contributed by atoms with van der Waals surface area (Å²) in [7, 11) is 0. The largest absolute Gasteiger partial charge is 0.491 e. The summed E-state index contributed by atoms with van der Waals surface area (Å²) < 4.78 is 5.81. The van der Waals surface area contributed by atoms with E-state index in [1.54, 1.807) is 0 Å². The maximum Gasteiger partial charge on any atom is 0.120 e. The van der Waals surface area contributed by atoms with Crippen molar-refractivity contribution in [2.75, 3.05) is 6.54 Å². The van der Waals surface area contributed by atoms with E-state index in [1.807, 2.05) is 6.07 Å². The van der Waals surface area contributed by atoms with Gasteiger partial charge >= 0.3 is 0 Å². The van der Waals surface area contributed by atoms with E-state index in [4.69, 9.17) is 4.74 Å². The molecule has 0 aliphatic heterocycles. The minimum absolute atomic E-state index is 0.218. The van der Waals surface area contributed by atoms with Crippen LogP contribution in [-0.2, 0) is 0 Å². The molecule has 0 saturated carbocycles. The Morgan fingerprint density at radius 2 is 1.90 bits per heavy atom. The minimum Gasteiger partial charge on any atom is -0.491 e. The predicted octanol–water partition coefficient (Wildman–Crippen LogP) is 4.95. The van der Waals surface area contributed by atoms with Gasteiger partial charge in [0.25, 0.3) is 0 Å². The normalized spacial score (nSPS) is 13.6. The highest BCUT2D eigenvalue weighted by molar-refractivity contribution is 5.31. The first-order valence-electron chi connectivity index (χ1n) is 7.82. The van der Waals surface area contributed by atoms with Gasteiger partial charge in [0, 0.05) is 6.04 Å². The van der Waals surface area contributed by atoms with Crippen molar-refractivity contribution in [2.45, 2.75) is 66.5 Å². The van der Waals surface area contributed by atoms with Crippen molar-refractivity contribution in [1.82, 2.24) is 5.32 Å². The number of rotatable bonds is 7. The molecule has 1 rings (SSSR count). The first-order valence-corrected chi connectivity index (χ1v) is 7.82. The van der Waals surface area contributed by atoms with Crippen molar-refractivity contribution < 1.29 is 4.74 Å². The predicted molar refractivity (Wildman–Crippen MR) is 87.3 cm³/mol. The summed E-state index contributed by atoms with van der Waals surface area (Å²) >= 11 is 0. The lowest BCUT2D eigenvalue weighted by molar-refractivity contribution is 0.241. The fourth-order valence-corrected chi connectivity index (χ4v) is 2.32. The van der Waals surface area contributed by atoms with E-state index in [9.17, 15) is 0 Å². The topological polar surface area (TPSA) is 21.3 Å². The second-order valence-corrected chi connectivity index (χ2v) is 7.01. The Kier molecular flexibility index (Phi) is 6.54. The molecule has 1 aromatic rings. The molecule has 0 radical (unpaired) electrons. The van der Waals surface area contributed by atoms with Crippen LogP contribution in [0.1, 0.15) is 66.0 Å². The van der Waals surface area contributed by atoms with Gasteiger partial charge in [0.1, 0.15) is 5.75 Å². The van der Waals surface area contributed by atoms with Gasteiger partial charge in [0.15, 0.2) is 0 Å². The molecule has 1 unspecified atom stereocenters. The third-order valence-corrected chi connectivity index (χ3v) is 3.09. The molecular weight excluding hydrogens is 246 g/mol. The summed E-state index contributed by atoms with van der Waals surface area (Å²) in [6.07, 6.45) is 2.50. The minimum atomic E-state index is 0.218. The van der Waals surface area contributed by atoms with Crippen LogP contribution in [-0.4, -0.2) is 12.6 Å². The zero-order chi connectivity index (χ0) is 15.2. The molecule has 114 valence electrons. The van der Waals surface area contributed by atoms with Crippen LogP contribution in [0, 0.1) is 5.41 Å². The van der Waals surface area contributed by atoms with Crippen molar-refractivity contribution in [3.8, 4) is 5.75 Å². The highest BCUT2D eigenvalue weighted by Gasteiger charge is 2.20. The van der Waals surface area contributed by atoms with Crippen LogP contribution in [0.3, 0.4) is 0 Å². The fourth-order valence-electron chi connectivity index (χ4n) is 2.32. The lowest BCUT2D eigenvalue weighted by atomic mass is 9.85. The number of ether oxygens (including phenoxy) is 1. The van der Waals surface area contributed by atoms with E-state index >= 15 is 0 Å². The third kappa shape index (κ3) is 6.42. The molecule has 0 saturated heterocycles. The van der Waals surface area contributed by atoms with E-state index in [-0.39, 0.29) is 6.10 Å². The highest BCUT2D eigenvalue weighted by atomic mass is 16.5. The molecule has 0 heterocycles. The van der Waals surface area contributed by atoms with Crippen LogP contribution in [0.5, 0.6) is 5.75 Å². The van der Waals surface area contributed by atoms with Gasteiger partial charge in [-0.25, -0.2) is 0 Å². The van der Waals surface area contributed by atoms with Crippen molar-refractivity contribution >= 4 is 0 Å². The first-order chi connectivity index (χ1) is 9.31. The van der Waals surface area contributed by atoms with Gasteiger partial charge in [-0.05, 0) is 56.3 Å². The molecule has 0 fully saturated rings. The van der Waals surface area contributed by atoms with Crippen molar-refractivity contribution in [1.29, 1.82) is 0 Å². The Morgan fingerprint density at radius 3 is 2.45 bits per heavy atom. The van der Waals surface area contributed by atoms with Gasteiger partial charge in [0.2, 0.25) is 0 Å². The average Bonchev–Trinajstić information content (AvgIpc) is 2.32. The average molecular weight is 277 g/mol. The Labute approximate surface area is 124 Å². The quantitative estimate of drug-likeness (QED) is 0.761. The standard InChI is InChI=1S/C18H31NO/c1-7-11-19-17(13-18(4,5)6)15-9-8-10-16(12-15)20-14(2)3/h8-10,12,14,17,19H,7,11,13H2,1-6H3. The van der Waals surface area contributed by atoms with Crippen molar-refractivity contribution in [3.05, 3.63) is 29.8 Å². The molecule has 0 aliphatic rings. The molecule has 0 spiro atoms. The molecular formula is C18H31NO. The molecule has 20 heavy (non-hydrogen) atoms. The molecule has 1 aromatic carbocycles. The smallest absolute Gasteiger partial charge is 0.120 e. The summed E-state index contributed by atoms with van der Waals surface area (Å²) in [4.78, 5) is 0. The van der Waals surface area contributed by atoms with Gasteiger partial charge < -0.3 is 10.1 Å². The SMILES string of the molecule is CCCNC(CC(C)(C)C)c1cccc(OC(C)C)c1. The second-order valence-electron chi connectivity index (χ2n) is 7.01. The van der Waals surface area contributed by atoms with Crippen LogP contribution in [0.15, 0.2) is 24.3 Å². The molecule has 2 heteroatoms. The Bertz CT molecular complexity index is 393. The van der Waals surface area contributed by atoms with Crippen LogP contribution < -0.4 is 10.1 Å². The Hall–Kier alpha value is -1.02.